The number of fused-ring (bicyclic) bond motifs is 11. The van der Waals surface area contributed by atoms with Gasteiger partial charge in [0.25, 0.3) is 0 Å². The minimum atomic E-state index is -0.565. The predicted molar refractivity (Wildman–Crippen MR) is 240 cm³/mol. The maximum Gasteiger partial charge on any atom is 0.0764 e. The van der Waals surface area contributed by atoms with Crippen molar-refractivity contribution in [2.45, 2.75) is 15.2 Å². The Hall–Kier alpha value is -7.14. The molecule has 0 unspecified atom stereocenters. The van der Waals surface area contributed by atoms with Crippen molar-refractivity contribution in [3.8, 4) is 28.2 Å². The van der Waals surface area contributed by atoms with Gasteiger partial charge in [-0.25, -0.2) is 4.98 Å². The van der Waals surface area contributed by atoms with Crippen LogP contribution in [0.1, 0.15) is 22.3 Å². The molecule has 0 atom stereocenters. The number of para-hydroxylation sites is 4. The molecule has 0 N–H and O–H groups in total. The van der Waals surface area contributed by atoms with Gasteiger partial charge in [-0.15, -0.1) is 0 Å². The smallest absolute Gasteiger partial charge is 0.0764 e. The van der Waals surface area contributed by atoms with Crippen molar-refractivity contribution in [3.05, 3.63) is 235 Å². The van der Waals surface area contributed by atoms with E-state index in [-0.39, 0.29) is 0 Å². The molecule has 4 heterocycles. The second kappa shape index (κ2) is 13.0. The largest absolute Gasteiger partial charge is 0.310 e. The molecule has 0 saturated heterocycles. The summed E-state index contributed by atoms with van der Waals surface area (Å²) in [6, 6.07) is 77.4. The zero-order valence-corrected chi connectivity index (χ0v) is 32.3. The van der Waals surface area contributed by atoms with Crippen molar-refractivity contribution in [2.24, 2.45) is 0 Å². The maximum absolute atomic E-state index is 5.25. The summed E-state index contributed by atoms with van der Waals surface area (Å²) in [5.74, 6) is 0. The summed E-state index contributed by atoms with van der Waals surface area (Å²) in [6.45, 7) is 0. The van der Waals surface area contributed by atoms with E-state index in [0.717, 1.165) is 33.9 Å². The number of aromatic nitrogens is 2. The van der Waals surface area contributed by atoms with E-state index >= 15 is 0 Å². The molecule has 8 aromatic carbocycles. The minimum absolute atomic E-state index is 0.565. The quantitative estimate of drug-likeness (QED) is 0.178. The molecule has 0 bridgehead atoms. The Kier molecular flexibility index (Phi) is 7.38. The molecular formula is C54H35N3S. The van der Waals surface area contributed by atoms with E-state index in [1.54, 1.807) is 0 Å². The van der Waals surface area contributed by atoms with Gasteiger partial charge in [-0.1, -0.05) is 163 Å². The van der Waals surface area contributed by atoms with Crippen LogP contribution in [0.5, 0.6) is 0 Å². The van der Waals surface area contributed by atoms with Crippen LogP contribution in [-0.2, 0) is 5.41 Å². The van der Waals surface area contributed by atoms with E-state index in [1.807, 2.05) is 11.8 Å². The SMILES string of the molecule is c1ccc(-c2cc(-n3c4ccccc4c4cc5c(cc43)Sc3ccccc3C53c4ccccc4N(c4ccccc4)c4ccccc43)cc(-c3ccccc3)n2)cc1. The van der Waals surface area contributed by atoms with Gasteiger partial charge in [0, 0.05) is 37.4 Å². The zero-order chi connectivity index (χ0) is 38.2. The molecule has 12 rings (SSSR count). The van der Waals surface area contributed by atoms with E-state index in [2.05, 4.69) is 222 Å². The van der Waals surface area contributed by atoms with Crippen LogP contribution < -0.4 is 4.90 Å². The van der Waals surface area contributed by atoms with Crippen molar-refractivity contribution in [2.75, 3.05) is 4.90 Å². The molecule has 0 amide bonds. The van der Waals surface area contributed by atoms with E-state index in [4.69, 9.17) is 4.98 Å². The average Bonchev–Trinajstić information content (AvgIpc) is 3.62. The van der Waals surface area contributed by atoms with E-state index < -0.39 is 5.41 Å². The maximum atomic E-state index is 5.25. The van der Waals surface area contributed by atoms with Crippen LogP contribution in [-0.4, -0.2) is 9.55 Å². The van der Waals surface area contributed by atoms with Crippen molar-refractivity contribution in [3.63, 3.8) is 0 Å². The fourth-order valence-electron chi connectivity index (χ4n) is 9.62. The molecule has 58 heavy (non-hydrogen) atoms. The lowest BCUT2D eigenvalue weighted by molar-refractivity contribution is 0.693. The van der Waals surface area contributed by atoms with Crippen LogP contribution in [0.4, 0.5) is 17.1 Å². The number of benzene rings is 8. The minimum Gasteiger partial charge on any atom is -0.310 e. The Morgan fingerprint density at radius 3 is 1.57 bits per heavy atom. The third-order valence-corrected chi connectivity index (χ3v) is 13.1. The molecule has 2 aromatic heterocycles. The van der Waals surface area contributed by atoms with Gasteiger partial charge in [0.05, 0.1) is 44.9 Å². The van der Waals surface area contributed by atoms with Crippen molar-refractivity contribution in [1.29, 1.82) is 0 Å². The van der Waals surface area contributed by atoms with Gasteiger partial charge < -0.3 is 9.47 Å². The van der Waals surface area contributed by atoms with Gasteiger partial charge in [-0.2, -0.15) is 0 Å². The predicted octanol–water partition coefficient (Wildman–Crippen LogP) is 14.1. The first-order chi connectivity index (χ1) is 28.8. The third kappa shape index (κ3) is 4.79. The molecule has 1 spiro atoms. The fourth-order valence-corrected chi connectivity index (χ4v) is 10.8. The summed E-state index contributed by atoms with van der Waals surface area (Å²) in [4.78, 5) is 10.2. The van der Waals surface area contributed by atoms with Gasteiger partial charge in [0.1, 0.15) is 0 Å². The zero-order valence-electron chi connectivity index (χ0n) is 31.5. The van der Waals surface area contributed by atoms with Crippen LogP contribution in [0.2, 0.25) is 0 Å². The Balaban J connectivity index is 1.18. The average molecular weight is 758 g/mol. The fraction of sp³-hybridized carbons (Fsp3) is 0.0185. The highest BCUT2D eigenvalue weighted by Gasteiger charge is 2.50. The Bertz CT molecular complexity index is 3100. The highest BCUT2D eigenvalue weighted by molar-refractivity contribution is 7.99. The molecule has 4 heteroatoms. The summed E-state index contributed by atoms with van der Waals surface area (Å²) in [5, 5.41) is 2.45. The summed E-state index contributed by atoms with van der Waals surface area (Å²) in [7, 11) is 0. The number of hydrogen-bond donors (Lipinski definition) is 0. The first-order valence-electron chi connectivity index (χ1n) is 19.8. The van der Waals surface area contributed by atoms with Crippen molar-refractivity contribution in [1.82, 2.24) is 9.55 Å². The molecule has 2 aliphatic heterocycles. The normalized spacial score (nSPS) is 13.6. The molecule has 3 nitrogen and oxygen atoms in total. The van der Waals surface area contributed by atoms with Gasteiger partial charge in [0.2, 0.25) is 0 Å². The van der Waals surface area contributed by atoms with Crippen LogP contribution in [0.25, 0.3) is 50.0 Å². The summed E-state index contributed by atoms with van der Waals surface area (Å²) in [6.07, 6.45) is 0. The van der Waals surface area contributed by atoms with Crippen molar-refractivity contribution >= 4 is 50.6 Å². The standard InChI is InChI=1S/C54H35N3S/c1-4-18-36(19-5-1)46-32-39(33-47(55-46)37-20-6-2-7-21-37)57-48-28-14-10-24-40(48)41-34-45-53(35-51(41)57)58-52-31-17-13-27-44(52)54(45)42-25-11-15-29-49(42)56(38-22-8-3-9-23-38)50-30-16-12-26-43(50)54/h1-35H. The van der Waals surface area contributed by atoms with Gasteiger partial charge in [0.15, 0.2) is 0 Å². The molecule has 0 saturated carbocycles. The second-order valence-corrected chi connectivity index (χ2v) is 16.2. The Morgan fingerprint density at radius 1 is 0.379 bits per heavy atom. The topological polar surface area (TPSA) is 21.1 Å². The lowest BCUT2D eigenvalue weighted by Gasteiger charge is -2.49. The van der Waals surface area contributed by atoms with Crippen LogP contribution in [0.3, 0.4) is 0 Å². The highest BCUT2D eigenvalue weighted by atomic mass is 32.2. The third-order valence-electron chi connectivity index (χ3n) is 12.0. The van der Waals surface area contributed by atoms with Crippen LogP contribution >= 0.6 is 11.8 Å². The van der Waals surface area contributed by atoms with Gasteiger partial charge in [-0.05, 0) is 82.9 Å². The van der Waals surface area contributed by atoms with Crippen molar-refractivity contribution < 1.29 is 0 Å². The summed E-state index contributed by atoms with van der Waals surface area (Å²) < 4.78 is 2.46. The monoisotopic (exact) mass is 757 g/mol. The highest BCUT2D eigenvalue weighted by Crippen LogP contribution is 2.63. The first kappa shape index (κ1) is 33.0. The molecule has 0 radical (unpaired) electrons. The summed E-state index contributed by atoms with van der Waals surface area (Å²) in [5.41, 5.74) is 15.7. The van der Waals surface area contributed by atoms with Crippen LogP contribution in [0.15, 0.2) is 222 Å². The Morgan fingerprint density at radius 2 is 0.914 bits per heavy atom. The number of nitrogens with zero attached hydrogens (tertiary/aromatic N) is 3. The second-order valence-electron chi connectivity index (χ2n) is 15.1. The Labute approximate surface area is 341 Å². The molecule has 272 valence electrons. The lowest BCUT2D eigenvalue weighted by atomic mass is 9.62. The van der Waals surface area contributed by atoms with E-state index in [9.17, 15) is 0 Å². The van der Waals surface area contributed by atoms with E-state index in [1.165, 1.54) is 65.2 Å². The molecule has 10 aromatic rings. The number of pyridine rings is 1. The molecular weight excluding hydrogens is 723 g/mol. The lowest BCUT2D eigenvalue weighted by Crippen LogP contribution is -2.39. The molecule has 0 aliphatic carbocycles. The number of rotatable bonds is 4. The first-order valence-corrected chi connectivity index (χ1v) is 20.6. The summed E-state index contributed by atoms with van der Waals surface area (Å²) >= 11 is 1.89. The number of anilines is 3. The number of hydrogen-bond acceptors (Lipinski definition) is 3. The van der Waals surface area contributed by atoms with Gasteiger partial charge >= 0.3 is 0 Å². The van der Waals surface area contributed by atoms with Gasteiger partial charge in [-0.3, -0.25) is 0 Å². The molecule has 2 aliphatic rings. The molecule has 0 fully saturated rings. The van der Waals surface area contributed by atoms with Crippen LogP contribution in [0, 0.1) is 0 Å². The van der Waals surface area contributed by atoms with E-state index in [0.29, 0.717) is 0 Å².